The Hall–Kier alpha value is -1.66. The first-order chi connectivity index (χ1) is 9.13. The number of aromatic nitrogens is 1. The van der Waals surface area contributed by atoms with Crippen LogP contribution in [0.5, 0.6) is 0 Å². The van der Waals surface area contributed by atoms with E-state index in [4.69, 9.17) is 5.84 Å². The molecule has 6 nitrogen and oxygen atoms in total. The number of hydrogen-bond acceptors (Lipinski definition) is 5. The number of hydrogen-bond donors (Lipinski definition) is 2. The number of carbonyl (C=O) groups is 1. The Morgan fingerprint density at radius 1 is 1.47 bits per heavy atom. The maximum absolute atomic E-state index is 12.4. The highest BCUT2D eigenvalue weighted by Gasteiger charge is 2.25. The fourth-order valence-electron chi connectivity index (χ4n) is 2.45. The Labute approximate surface area is 113 Å². The molecule has 19 heavy (non-hydrogen) atoms. The molecule has 0 aliphatic carbocycles. The Balaban J connectivity index is 2.05. The molecule has 104 valence electrons. The van der Waals surface area contributed by atoms with Crippen molar-refractivity contribution in [2.75, 3.05) is 32.6 Å². The number of hydrazine groups is 1. The van der Waals surface area contributed by atoms with Gasteiger partial charge in [-0.25, -0.2) is 0 Å². The highest BCUT2D eigenvalue weighted by molar-refractivity contribution is 5.99. The van der Waals surface area contributed by atoms with E-state index in [0.29, 0.717) is 17.3 Å². The minimum absolute atomic E-state index is 0.0209. The summed E-state index contributed by atoms with van der Waals surface area (Å²) in [6.45, 7) is 1.57. The van der Waals surface area contributed by atoms with Crippen molar-refractivity contribution in [2.24, 2.45) is 5.84 Å². The molecule has 0 atom stereocenters. The van der Waals surface area contributed by atoms with Crippen LogP contribution in [0.15, 0.2) is 18.5 Å². The van der Waals surface area contributed by atoms with Gasteiger partial charge in [-0.1, -0.05) is 0 Å². The summed E-state index contributed by atoms with van der Waals surface area (Å²) in [5, 5.41) is 0. The van der Waals surface area contributed by atoms with Crippen LogP contribution < -0.4 is 11.3 Å². The van der Waals surface area contributed by atoms with Crippen molar-refractivity contribution in [3.05, 3.63) is 24.0 Å². The number of nitrogens with one attached hydrogen (secondary N) is 1. The normalized spacial score (nSPS) is 16.7. The summed E-state index contributed by atoms with van der Waals surface area (Å²) in [7, 11) is 4.17. The lowest BCUT2D eigenvalue weighted by atomic mass is 10.0. The summed E-state index contributed by atoms with van der Waals surface area (Å²) in [4.78, 5) is 20.5. The fraction of sp³-hybridized carbons (Fsp3) is 0.538. The van der Waals surface area contributed by atoms with E-state index in [1.54, 1.807) is 18.5 Å². The quantitative estimate of drug-likeness (QED) is 0.615. The highest BCUT2D eigenvalue weighted by atomic mass is 16.2. The Kier molecular flexibility index (Phi) is 4.34. The molecule has 0 spiro atoms. The van der Waals surface area contributed by atoms with E-state index in [1.165, 1.54) is 0 Å². The maximum atomic E-state index is 12.4. The van der Waals surface area contributed by atoms with Crippen LogP contribution in [-0.2, 0) is 0 Å². The molecule has 1 aromatic rings. The van der Waals surface area contributed by atoms with Gasteiger partial charge in [0.05, 0.1) is 17.4 Å². The summed E-state index contributed by atoms with van der Waals surface area (Å²) in [5.74, 6) is 5.43. The van der Waals surface area contributed by atoms with Gasteiger partial charge >= 0.3 is 0 Å². The molecule has 0 radical (unpaired) electrons. The SMILES string of the molecule is CN(C)C1CCN(C(=O)c2ccncc2NN)CC1. The number of pyridine rings is 1. The van der Waals surface area contributed by atoms with Crippen LogP contribution >= 0.6 is 0 Å². The molecule has 0 unspecified atom stereocenters. The van der Waals surface area contributed by atoms with Gasteiger partial charge in [0, 0.05) is 25.3 Å². The molecule has 1 saturated heterocycles. The molecular formula is C13H21N5O. The molecule has 2 heterocycles. The molecule has 1 aromatic heterocycles. The molecular weight excluding hydrogens is 242 g/mol. The van der Waals surface area contributed by atoms with Crippen LogP contribution in [0.1, 0.15) is 23.2 Å². The number of likely N-dealkylation sites (tertiary alicyclic amines) is 1. The van der Waals surface area contributed by atoms with E-state index in [9.17, 15) is 4.79 Å². The molecule has 1 aliphatic rings. The number of amides is 1. The van der Waals surface area contributed by atoms with Gasteiger partial charge in [0.2, 0.25) is 0 Å². The number of nitrogens with two attached hydrogens (primary N) is 1. The lowest BCUT2D eigenvalue weighted by Gasteiger charge is -2.35. The lowest BCUT2D eigenvalue weighted by Crippen LogP contribution is -2.44. The van der Waals surface area contributed by atoms with Crippen molar-refractivity contribution in [1.29, 1.82) is 0 Å². The number of piperidine rings is 1. The van der Waals surface area contributed by atoms with Crippen LogP contribution in [0.3, 0.4) is 0 Å². The second-order valence-corrected chi connectivity index (χ2v) is 5.05. The Morgan fingerprint density at radius 2 is 2.16 bits per heavy atom. The molecule has 0 saturated carbocycles. The predicted molar refractivity (Wildman–Crippen MR) is 74.7 cm³/mol. The van der Waals surface area contributed by atoms with Crippen molar-refractivity contribution in [2.45, 2.75) is 18.9 Å². The topological polar surface area (TPSA) is 74.5 Å². The van der Waals surface area contributed by atoms with Crippen molar-refractivity contribution in [1.82, 2.24) is 14.8 Å². The number of carbonyl (C=O) groups excluding carboxylic acids is 1. The van der Waals surface area contributed by atoms with Gasteiger partial charge in [-0.3, -0.25) is 15.6 Å². The predicted octanol–water partition coefficient (Wildman–Crippen LogP) is 0.533. The molecule has 1 amide bonds. The van der Waals surface area contributed by atoms with Gasteiger partial charge < -0.3 is 15.2 Å². The fourth-order valence-corrected chi connectivity index (χ4v) is 2.45. The second kappa shape index (κ2) is 5.99. The van der Waals surface area contributed by atoms with Gasteiger partial charge in [0.15, 0.2) is 0 Å². The smallest absolute Gasteiger partial charge is 0.256 e. The van der Waals surface area contributed by atoms with Gasteiger partial charge in [0.25, 0.3) is 5.91 Å². The molecule has 2 rings (SSSR count). The molecule has 1 aliphatic heterocycles. The third-order valence-corrected chi connectivity index (χ3v) is 3.69. The standard InChI is InChI=1S/C13H21N5O/c1-17(2)10-4-7-18(8-5-10)13(19)11-3-6-15-9-12(11)16-14/h3,6,9-10,16H,4-5,7-8,14H2,1-2H3. The number of nitrogen functional groups attached to an aromatic ring is 1. The highest BCUT2D eigenvalue weighted by Crippen LogP contribution is 2.19. The number of anilines is 1. The van der Waals surface area contributed by atoms with Gasteiger partial charge in [0.1, 0.15) is 0 Å². The average molecular weight is 263 g/mol. The largest absolute Gasteiger partial charge is 0.338 e. The third kappa shape index (κ3) is 3.02. The monoisotopic (exact) mass is 263 g/mol. The van der Waals surface area contributed by atoms with Crippen LogP contribution in [-0.4, -0.2) is 53.9 Å². The van der Waals surface area contributed by atoms with Gasteiger partial charge in [-0.2, -0.15) is 0 Å². The van der Waals surface area contributed by atoms with E-state index in [2.05, 4.69) is 29.4 Å². The third-order valence-electron chi connectivity index (χ3n) is 3.69. The first-order valence-corrected chi connectivity index (χ1v) is 6.50. The van der Waals surface area contributed by atoms with Crippen LogP contribution in [0.25, 0.3) is 0 Å². The lowest BCUT2D eigenvalue weighted by molar-refractivity contribution is 0.0664. The van der Waals surface area contributed by atoms with Crippen molar-refractivity contribution in [3.8, 4) is 0 Å². The summed E-state index contributed by atoms with van der Waals surface area (Å²) < 4.78 is 0. The zero-order valence-corrected chi connectivity index (χ0v) is 11.5. The van der Waals surface area contributed by atoms with E-state index >= 15 is 0 Å². The molecule has 0 aromatic carbocycles. The first kappa shape index (κ1) is 13.8. The number of rotatable bonds is 3. The molecule has 6 heteroatoms. The minimum Gasteiger partial charge on any atom is -0.338 e. The summed E-state index contributed by atoms with van der Waals surface area (Å²) >= 11 is 0. The van der Waals surface area contributed by atoms with Crippen molar-refractivity contribution < 1.29 is 4.79 Å². The van der Waals surface area contributed by atoms with E-state index in [0.717, 1.165) is 25.9 Å². The average Bonchev–Trinajstić information content (AvgIpc) is 2.46. The van der Waals surface area contributed by atoms with E-state index in [-0.39, 0.29) is 5.91 Å². The maximum Gasteiger partial charge on any atom is 0.256 e. The second-order valence-electron chi connectivity index (χ2n) is 5.05. The van der Waals surface area contributed by atoms with Crippen LogP contribution in [0.4, 0.5) is 5.69 Å². The summed E-state index contributed by atoms with van der Waals surface area (Å²) in [6.07, 6.45) is 5.20. The number of nitrogens with zero attached hydrogens (tertiary/aromatic N) is 3. The van der Waals surface area contributed by atoms with Crippen molar-refractivity contribution in [3.63, 3.8) is 0 Å². The molecule has 0 bridgehead atoms. The first-order valence-electron chi connectivity index (χ1n) is 6.50. The zero-order valence-electron chi connectivity index (χ0n) is 11.5. The minimum atomic E-state index is 0.0209. The Morgan fingerprint density at radius 3 is 2.74 bits per heavy atom. The van der Waals surface area contributed by atoms with Gasteiger partial charge in [-0.15, -0.1) is 0 Å². The van der Waals surface area contributed by atoms with E-state index in [1.807, 2.05) is 4.90 Å². The van der Waals surface area contributed by atoms with E-state index < -0.39 is 0 Å². The Bertz CT molecular complexity index is 440. The van der Waals surface area contributed by atoms with Crippen LogP contribution in [0, 0.1) is 0 Å². The molecule has 3 N–H and O–H groups in total. The van der Waals surface area contributed by atoms with Crippen molar-refractivity contribution >= 4 is 11.6 Å². The zero-order chi connectivity index (χ0) is 13.8. The summed E-state index contributed by atoms with van der Waals surface area (Å²) in [6, 6.07) is 2.27. The summed E-state index contributed by atoms with van der Waals surface area (Å²) in [5.41, 5.74) is 3.68. The van der Waals surface area contributed by atoms with Crippen LogP contribution in [0.2, 0.25) is 0 Å². The molecule has 1 fully saturated rings. The van der Waals surface area contributed by atoms with Gasteiger partial charge in [-0.05, 0) is 33.0 Å².